The molecule has 0 radical (unpaired) electrons. The van der Waals surface area contributed by atoms with Crippen LogP contribution in [0.2, 0.25) is 0 Å². The smallest absolute Gasteiger partial charge is 0.253 e. The Morgan fingerprint density at radius 1 is 1.17 bits per heavy atom. The molecule has 4 heteroatoms. The highest BCUT2D eigenvalue weighted by molar-refractivity contribution is 5.95. The molecule has 18 heavy (non-hydrogen) atoms. The van der Waals surface area contributed by atoms with Gasteiger partial charge in [0.2, 0.25) is 0 Å². The molecular weight excluding hydrogens is 230 g/mol. The van der Waals surface area contributed by atoms with Gasteiger partial charge in [-0.05, 0) is 38.5 Å². The number of benzene rings is 1. The zero-order chi connectivity index (χ0) is 13.0. The van der Waals surface area contributed by atoms with Crippen molar-refractivity contribution < 1.29 is 14.3 Å². The maximum absolute atomic E-state index is 12.1. The van der Waals surface area contributed by atoms with Crippen LogP contribution in [0.5, 0.6) is 11.5 Å². The number of hydrogen-bond acceptors (Lipinski definition) is 3. The molecule has 1 saturated heterocycles. The average Bonchev–Trinajstić information content (AvgIpc) is 2.29. The lowest BCUT2D eigenvalue weighted by molar-refractivity contribution is 0.0651. The standard InChI is InChI=1S/C14H19NO3/c1-3-17-12-7-6-11(10-13(12)18-4-2)14(16)15-8-5-9-15/h6-7,10H,3-5,8-9H2,1-2H3. The summed E-state index contributed by atoms with van der Waals surface area (Å²) in [6, 6.07) is 5.38. The Morgan fingerprint density at radius 2 is 1.83 bits per heavy atom. The summed E-state index contributed by atoms with van der Waals surface area (Å²) >= 11 is 0. The van der Waals surface area contributed by atoms with Crippen molar-refractivity contribution in [1.29, 1.82) is 0 Å². The van der Waals surface area contributed by atoms with E-state index in [-0.39, 0.29) is 5.91 Å². The molecule has 1 aliphatic rings. The lowest BCUT2D eigenvalue weighted by Crippen LogP contribution is -2.42. The highest BCUT2D eigenvalue weighted by Gasteiger charge is 2.22. The van der Waals surface area contributed by atoms with E-state index in [1.165, 1.54) is 0 Å². The summed E-state index contributed by atoms with van der Waals surface area (Å²) < 4.78 is 11.0. The molecule has 0 bridgehead atoms. The monoisotopic (exact) mass is 249 g/mol. The van der Waals surface area contributed by atoms with Crippen LogP contribution in [0.3, 0.4) is 0 Å². The molecule has 0 spiro atoms. The summed E-state index contributed by atoms with van der Waals surface area (Å²) in [7, 11) is 0. The lowest BCUT2D eigenvalue weighted by atomic mass is 10.1. The molecule has 1 fully saturated rings. The van der Waals surface area contributed by atoms with E-state index in [0.717, 1.165) is 19.5 Å². The molecule has 1 aliphatic heterocycles. The summed E-state index contributed by atoms with van der Waals surface area (Å²) in [5, 5.41) is 0. The number of rotatable bonds is 5. The molecule has 0 N–H and O–H groups in total. The maximum Gasteiger partial charge on any atom is 0.253 e. The van der Waals surface area contributed by atoms with E-state index in [1.54, 1.807) is 12.1 Å². The minimum Gasteiger partial charge on any atom is -0.490 e. The molecule has 0 unspecified atom stereocenters. The highest BCUT2D eigenvalue weighted by atomic mass is 16.5. The Morgan fingerprint density at radius 3 is 2.39 bits per heavy atom. The van der Waals surface area contributed by atoms with Crippen LogP contribution in [0.15, 0.2) is 18.2 Å². The average molecular weight is 249 g/mol. The number of carbonyl (C=O) groups excluding carboxylic acids is 1. The molecule has 1 heterocycles. The first-order valence-electron chi connectivity index (χ1n) is 6.45. The van der Waals surface area contributed by atoms with Crippen LogP contribution in [-0.4, -0.2) is 37.1 Å². The van der Waals surface area contributed by atoms with Gasteiger partial charge in [-0.3, -0.25) is 4.79 Å². The first-order valence-corrected chi connectivity index (χ1v) is 6.45. The summed E-state index contributed by atoms with van der Waals surface area (Å²) in [6.07, 6.45) is 1.10. The molecule has 0 atom stereocenters. The van der Waals surface area contributed by atoms with Crippen LogP contribution in [-0.2, 0) is 0 Å². The van der Waals surface area contributed by atoms with E-state index in [2.05, 4.69) is 0 Å². The largest absolute Gasteiger partial charge is 0.490 e. The van der Waals surface area contributed by atoms with Crippen molar-refractivity contribution in [3.63, 3.8) is 0 Å². The van der Waals surface area contributed by atoms with E-state index < -0.39 is 0 Å². The predicted molar refractivity (Wildman–Crippen MR) is 69.3 cm³/mol. The van der Waals surface area contributed by atoms with Crippen LogP contribution in [0, 0.1) is 0 Å². The minimum atomic E-state index is 0.0743. The van der Waals surface area contributed by atoms with E-state index in [9.17, 15) is 4.79 Å². The normalized spacial score (nSPS) is 14.0. The Kier molecular flexibility index (Phi) is 4.07. The van der Waals surface area contributed by atoms with Crippen molar-refractivity contribution in [3.05, 3.63) is 23.8 Å². The van der Waals surface area contributed by atoms with Crippen molar-refractivity contribution in [2.45, 2.75) is 20.3 Å². The second kappa shape index (κ2) is 5.76. The highest BCUT2D eigenvalue weighted by Crippen LogP contribution is 2.29. The van der Waals surface area contributed by atoms with Crippen LogP contribution in [0.4, 0.5) is 0 Å². The van der Waals surface area contributed by atoms with Crippen molar-refractivity contribution in [3.8, 4) is 11.5 Å². The zero-order valence-corrected chi connectivity index (χ0v) is 10.9. The van der Waals surface area contributed by atoms with Crippen molar-refractivity contribution >= 4 is 5.91 Å². The van der Waals surface area contributed by atoms with E-state index in [0.29, 0.717) is 30.3 Å². The van der Waals surface area contributed by atoms with Gasteiger partial charge in [-0.15, -0.1) is 0 Å². The fourth-order valence-corrected chi connectivity index (χ4v) is 1.89. The molecule has 0 saturated carbocycles. The molecular formula is C14H19NO3. The predicted octanol–water partition coefficient (Wildman–Crippen LogP) is 2.33. The number of likely N-dealkylation sites (tertiary alicyclic amines) is 1. The third-order valence-corrected chi connectivity index (χ3v) is 2.93. The van der Waals surface area contributed by atoms with E-state index >= 15 is 0 Å². The molecule has 1 aromatic carbocycles. The van der Waals surface area contributed by atoms with Crippen LogP contribution in [0.25, 0.3) is 0 Å². The summed E-state index contributed by atoms with van der Waals surface area (Å²) in [6.45, 7) is 6.70. The van der Waals surface area contributed by atoms with Crippen molar-refractivity contribution in [1.82, 2.24) is 4.90 Å². The maximum atomic E-state index is 12.1. The van der Waals surface area contributed by atoms with Gasteiger partial charge in [0, 0.05) is 18.7 Å². The number of ether oxygens (including phenoxy) is 2. The quantitative estimate of drug-likeness (QED) is 0.804. The van der Waals surface area contributed by atoms with Crippen LogP contribution >= 0.6 is 0 Å². The van der Waals surface area contributed by atoms with Gasteiger partial charge in [0.25, 0.3) is 5.91 Å². The number of hydrogen-bond donors (Lipinski definition) is 0. The third kappa shape index (κ3) is 2.58. The SMILES string of the molecule is CCOc1ccc(C(=O)N2CCC2)cc1OCC. The third-order valence-electron chi connectivity index (χ3n) is 2.93. The fraction of sp³-hybridized carbons (Fsp3) is 0.500. The van der Waals surface area contributed by atoms with Crippen LogP contribution in [0.1, 0.15) is 30.6 Å². The van der Waals surface area contributed by atoms with Gasteiger partial charge in [-0.2, -0.15) is 0 Å². The Hall–Kier alpha value is -1.71. The second-order valence-electron chi connectivity index (χ2n) is 4.17. The number of carbonyl (C=O) groups is 1. The van der Waals surface area contributed by atoms with E-state index in [4.69, 9.17) is 9.47 Å². The van der Waals surface area contributed by atoms with Gasteiger partial charge >= 0.3 is 0 Å². The molecule has 98 valence electrons. The fourth-order valence-electron chi connectivity index (χ4n) is 1.89. The topological polar surface area (TPSA) is 38.8 Å². The van der Waals surface area contributed by atoms with Gasteiger partial charge < -0.3 is 14.4 Å². The van der Waals surface area contributed by atoms with Gasteiger partial charge in [0.05, 0.1) is 13.2 Å². The first kappa shape index (κ1) is 12.7. The number of nitrogens with zero attached hydrogens (tertiary/aromatic N) is 1. The molecule has 0 aromatic heterocycles. The lowest BCUT2D eigenvalue weighted by Gasteiger charge is -2.31. The van der Waals surface area contributed by atoms with Crippen LogP contribution < -0.4 is 9.47 Å². The minimum absolute atomic E-state index is 0.0743. The Labute approximate surface area is 107 Å². The Bertz CT molecular complexity index is 427. The van der Waals surface area contributed by atoms with Crippen molar-refractivity contribution in [2.24, 2.45) is 0 Å². The molecule has 4 nitrogen and oxygen atoms in total. The van der Waals surface area contributed by atoms with E-state index in [1.807, 2.05) is 24.8 Å². The second-order valence-corrected chi connectivity index (χ2v) is 4.17. The van der Waals surface area contributed by atoms with Gasteiger partial charge in [0.15, 0.2) is 11.5 Å². The zero-order valence-electron chi connectivity index (χ0n) is 10.9. The van der Waals surface area contributed by atoms with Gasteiger partial charge in [-0.1, -0.05) is 0 Å². The van der Waals surface area contributed by atoms with Gasteiger partial charge in [0.1, 0.15) is 0 Å². The molecule has 1 amide bonds. The summed E-state index contributed by atoms with van der Waals surface area (Å²) in [4.78, 5) is 13.9. The Balaban J connectivity index is 2.21. The molecule has 2 rings (SSSR count). The number of amides is 1. The van der Waals surface area contributed by atoms with Gasteiger partial charge in [-0.25, -0.2) is 0 Å². The van der Waals surface area contributed by atoms with Crippen molar-refractivity contribution in [2.75, 3.05) is 26.3 Å². The summed E-state index contributed by atoms with van der Waals surface area (Å²) in [5.74, 6) is 1.41. The summed E-state index contributed by atoms with van der Waals surface area (Å²) in [5.41, 5.74) is 0.668. The first-order chi connectivity index (χ1) is 8.76. The molecule has 1 aromatic rings. The molecule has 0 aliphatic carbocycles.